The molecule has 0 saturated heterocycles. The summed E-state index contributed by atoms with van der Waals surface area (Å²) in [6.45, 7) is 0. The van der Waals surface area contributed by atoms with E-state index in [-0.39, 0.29) is 18.3 Å². The van der Waals surface area contributed by atoms with Crippen LogP contribution in [0.4, 0.5) is 0 Å². The zero-order valence-electron chi connectivity index (χ0n) is 11.7. The van der Waals surface area contributed by atoms with Crippen LogP contribution in [-0.4, -0.2) is 17.1 Å². The molecule has 2 rings (SSSR count). The van der Waals surface area contributed by atoms with Crippen molar-refractivity contribution in [3.63, 3.8) is 0 Å². The molecule has 0 unspecified atom stereocenters. The van der Waals surface area contributed by atoms with E-state index < -0.39 is 12.0 Å². The lowest BCUT2D eigenvalue weighted by Gasteiger charge is -2.39. The number of nitrogens with two attached hydrogens (primary N) is 1. The number of carbonyl (C=O) groups is 1. The Morgan fingerprint density at radius 3 is 1.58 bits per heavy atom. The number of aliphatic carboxylic acids is 1. The van der Waals surface area contributed by atoms with Crippen molar-refractivity contribution in [1.82, 2.24) is 0 Å². The van der Waals surface area contributed by atoms with E-state index in [4.69, 9.17) is 5.73 Å². The van der Waals surface area contributed by atoms with Crippen molar-refractivity contribution >= 4 is 18.4 Å². The molecule has 4 heteroatoms. The lowest BCUT2D eigenvalue weighted by atomic mass is 9.67. The van der Waals surface area contributed by atoms with Crippen LogP contribution in [0, 0.1) is 17.8 Å². The number of rotatable bonds is 4. The van der Waals surface area contributed by atoms with Crippen molar-refractivity contribution in [2.24, 2.45) is 23.5 Å². The van der Waals surface area contributed by atoms with E-state index >= 15 is 0 Å². The second-order valence-corrected chi connectivity index (χ2v) is 6.24. The maximum atomic E-state index is 11.3. The zero-order valence-corrected chi connectivity index (χ0v) is 12.5. The van der Waals surface area contributed by atoms with E-state index in [1.165, 1.54) is 64.2 Å². The Hall–Kier alpha value is -0.280. The second-order valence-electron chi connectivity index (χ2n) is 6.24. The summed E-state index contributed by atoms with van der Waals surface area (Å²) >= 11 is 0. The van der Waals surface area contributed by atoms with E-state index in [9.17, 15) is 9.90 Å². The Balaban J connectivity index is 0.00000180. The predicted molar refractivity (Wildman–Crippen MR) is 79.5 cm³/mol. The third kappa shape index (κ3) is 4.35. The first kappa shape index (κ1) is 16.8. The monoisotopic (exact) mass is 289 g/mol. The maximum Gasteiger partial charge on any atom is 0.320 e. The number of hydrogen-bond acceptors (Lipinski definition) is 2. The average molecular weight is 290 g/mol. The standard InChI is InChI=1S/C15H27NO2.ClH/c16-14(15(17)18)13(11-7-3-1-4-8-11)12-9-5-2-6-10-12;/h11-14H,1-10,16H2,(H,17,18);1H/t14-;/m0./s1. The van der Waals surface area contributed by atoms with Crippen LogP contribution in [-0.2, 0) is 4.79 Å². The van der Waals surface area contributed by atoms with E-state index in [1.807, 2.05) is 0 Å². The molecule has 0 amide bonds. The summed E-state index contributed by atoms with van der Waals surface area (Å²) in [7, 11) is 0. The summed E-state index contributed by atoms with van der Waals surface area (Å²) in [5.41, 5.74) is 6.02. The first-order valence-corrected chi connectivity index (χ1v) is 7.68. The van der Waals surface area contributed by atoms with Gasteiger partial charge in [0.05, 0.1) is 0 Å². The molecule has 1 atom stereocenters. The summed E-state index contributed by atoms with van der Waals surface area (Å²) < 4.78 is 0. The van der Waals surface area contributed by atoms with Gasteiger partial charge in [-0.3, -0.25) is 4.79 Å². The zero-order chi connectivity index (χ0) is 13.0. The van der Waals surface area contributed by atoms with Crippen molar-refractivity contribution in [1.29, 1.82) is 0 Å². The van der Waals surface area contributed by atoms with Crippen LogP contribution in [0.25, 0.3) is 0 Å². The van der Waals surface area contributed by atoms with Crippen LogP contribution in [0.3, 0.4) is 0 Å². The smallest absolute Gasteiger partial charge is 0.320 e. The Labute approximate surface area is 122 Å². The fourth-order valence-electron chi connectivity index (χ4n) is 4.17. The number of carboxylic acid groups (broad SMARTS) is 1. The van der Waals surface area contributed by atoms with Crippen LogP contribution >= 0.6 is 12.4 Å². The molecule has 0 bridgehead atoms. The molecule has 0 aromatic carbocycles. The quantitative estimate of drug-likeness (QED) is 0.831. The summed E-state index contributed by atoms with van der Waals surface area (Å²) in [5, 5.41) is 9.29. The van der Waals surface area contributed by atoms with Crippen LogP contribution in [0.2, 0.25) is 0 Å². The highest BCUT2D eigenvalue weighted by Crippen LogP contribution is 2.41. The molecule has 19 heavy (non-hydrogen) atoms. The highest BCUT2D eigenvalue weighted by Gasteiger charge is 2.38. The minimum atomic E-state index is -0.795. The molecule has 112 valence electrons. The first-order chi connectivity index (χ1) is 8.70. The molecule has 3 nitrogen and oxygen atoms in total. The normalized spacial score (nSPS) is 23.9. The Bertz CT molecular complexity index is 255. The third-order valence-corrected chi connectivity index (χ3v) is 5.09. The van der Waals surface area contributed by atoms with Gasteiger partial charge in [0.15, 0.2) is 0 Å². The molecule has 0 aromatic heterocycles. The molecular weight excluding hydrogens is 262 g/mol. The molecule has 2 fully saturated rings. The van der Waals surface area contributed by atoms with Gasteiger partial charge in [-0.15, -0.1) is 12.4 Å². The van der Waals surface area contributed by atoms with Gasteiger partial charge in [-0.2, -0.15) is 0 Å². The van der Waals surface area contributed by atoms with Crippen molar-refractivity contribution in [2.75, 3.05) is 0 Å². The molecule has 0 heterocycles. The third-order valence-electron chi connectivity index (χ3n) is 5.09. The molecule has 2 saturated carbocycles. The van der Waals surface area contributed by atoms with Crippen molar-refractivity contribution < 1.29 is 9.90 Å². The van der Waals surface area contributed by atoms with Crippen molar-refractivity contribution in [3.05, 3.63) is 0 Å². The van der Waals surface area contributed by atoms with E-state index in [1.54, 1.807) is 0 Å². The molecule has 0 spiro atoms. The molecule has 0 radical (unpaired) electrons. The molecule has 2 aliphatic carbocycles. The highest BCUT2D eigenvalue weighted by molar-refractivity contribution is 5.85. The average Bonchev–Trinajstić information content (AvgIpc) is 2.41. The van der Waals surface area contributed by atoms with Gasteiger partial charge in [0.2, 0.25) is 0 Å². The minimum absolute atomic E-state index is 0. The van der Waals surface area contributed by atoms with Gasteiger partial charge in [0.25, 0.3) is 0 Å². The van der Waals surface area contributed by atoms with E-state index in [0.29, 0.717) is 11.8 Å². The fraction of sp³-hybridized carbons (Fsp3) is 0.933. The largest absolute Gasteiger partial charge is 0.480 e. The maximum absolute atomic E-state index is 11.3. The second kappa shape index (κ2) is 8.11. The van der Waals surface area contributed by atoms with Crippen LogP contribution < -0.4 is 5.73 Å². The highest BCUT2D eigenvalue weighted by atomic mass is 35.5. The topological polar surface area (TPSA) is 63.3 Å². The number of carboxylic acids is 1. The molecule has 2 aliphatic rings. The molecule has 3 N–H and O–H groups in total. The van der Waals surface area contributed by atoms with E-state index in [0.717, 1.165) is 0 Å². The van der Waals surface area contributed by atoms with Gasteiger partial charge in [-0.25, -0.2) is 0 Å². The van der Waals surface area contributed by atoms with Crippen molar-refractivity contribution in [2.45, 2.75) is 70.3 Å². The summed E-state index contributed by atoms with van der Waals surface area (Å²) in [5.74, 6) is 0.556. The van der Waals surface area contributed by atoms with Crippen LogP contribution in [0.1, 0.15) is 64.2 Å². The minimum Gasteiger partial charge on any atom is -0.480 e. The number of halogens is 1. The Morgan fingerprint density at radius 2 is 1.26 bits per heavy atom. The lowest BCUT2D eigenvalue weighted by Crippen LogP contribution is -2.46. The fourth-order valence-corrected chi connectivity index (χ4v) is 4.17. The SMILES string of the molecule is Cl.N[C@H](C(=O)O)C(C1CCCCC1)C1CCCCC1. The number of hydrogen-bond donors (Lipinski definition) is 2. The summed E-state index contributed by atoms with van der Waals surface area (Å²) in [4.78, 5) is 11.3. The predicted octanol–water partition coefficient (Wildman–Crippen LogP) is 3.60. The molecule has 0 aliphatic heterocycles. The van der Waals surface area contributed by atoms with Crippen molar-refractivity contribution in [3.8, 4) is 0 Å². The van der Waals surface area contributed by atoms with Gasteiger partial charge in [0.1, 0.15) is 6.04 Å². The first-order valence-electron chi connectivity index (χ1n) is 7.68. The molecular formula is C15H28ClNO2. The Morgan fingerprint density at radius 1 is 0.895 bits per heavy atom. The molecule has 0 aromatic rings. The lowest BCUT2D eigenvalue weighted by molar-refractivity contribution is -0.141. The summed E-state index contributed by atoms with van der Waals surface area (Å²) in [6, 6.07) is -0.642. The van der Waals surface area contributed by atoms with Crippen LogP contribution in [0.15, 0.2) is 0 Å². The van der Waals surface area contributed by atoms with E-state index in [2.05, 4.69) is 0 Å². The van der Waals surface area contributed by atoms with Gasteiger partial charge in [0, 0.05) is 0 Å². The Kier molecular flexibility index (Phi) is 7.16. The van der Waals surface area contributed by atoms with Gasteiger partial charge < -0.3 is 10.8 Å². The van der Waals surface area contributed by atoms with Gasteiger partial charge >= 0.3 is 5.97 Å². The summed E-state index contributed by atoms with van der Waals surface area (Å²) in [6.07, 6.45) is 12.5. The van der Waals surface area contributed by atoms with Gasteiger partial charge in [-0.05, 0) is 17.8 Å². The van der Waals surface area contributed by atoms with Gasteiger partial charge in [-0.1, -0.05) is 64.2 Å². The van der Waals surface area contributed by atoms with Crippen LogP contribution in [0.5, 0.6) is 0 Å².